The first-order valence-corrected chi connectivity index (χ1v) is 6.78. The molecule has 0 unspecified atom stereocenters. The third kappa shape index (κ3) is 4.63. The van der Waals surface area contributed by atoms with E-state index in [1.165, 1.54) is 12.1 Å². The normalized spacial score (nSPS) is 11.2. The highest BCUT2D eigenvalue weighted by atomic mass is 16.6. The fraction of sp³-hybridized carbons (Fsp3) is 0.125. The number of benzene rings is 1. The van der Waals surface area contributed by atoms with E-state index in [4.69, 9.17) is 10.2 Å². The summed E-state index contributed by atoms with van der Waals surface area (Å²) in [7, 11) is 0. The van der Waals surface area contributed by atoms with E-state index in [0.717, 1.165) is 17.2 Å². The van der Waals surface area contributed by atoms with Crippen LogP contribution in [0, 0.1) is 10.1 Å². The molecule has 0 atom stereocenters. The van der Waals surface area contributed by atoms with Crippen molar-refractivity contribution >= 4 is 17.7 Å². The number of non-ortho nitro benzene ring substituents is 1. The van der Waals surface area contributed by atoms with Gasteiger partial charge in [-0.05, 0) is 30.0 Å². The number of aliphatic hydroxyl groups is 1. The van der Waals surface area contributed by atoms with E-state index in [1.807, 2.05) is 6.07 Å². The summed E-state index contributed by atoms with van der Waals surface area (Å²) in [6.45, 7) is 0. The molecule has 0 aliphatic carbocycles. The standard InChI is InChI=1S/C16H14N2O5/c19-15(16(20)21)9-13-7-6-12(10-17-13)5-4-11-2-1-3-14(8-11)18(22)23/h1-3,6-10,19H,4-5H2,(H,20,21)/b15-9-. The van der Waals surface area contributed by atoms with E-state index in [1.54, 1.807) is 24.4 Å². The van der Waals surface area contributed by atoms with Gasteiger partial charge in [-0.15, -0.1) is 0 Å². The Kier molecular flexibility index (Phi) is 5.03. The van der Waals surface area contributed by atoms with Gasteiger partial charge in [0.15, 0.2) is 0 Å². The van der Waals surface area contributed by atoms with Gasteiger partial charge >= 0.3 is 5.97 Å². The number of hydrogen-bond donors (Lipinski definition) is 2. The van der Waals surface area contributed by atoms with Gasteiger partial charge < -0.3 is 10.2 Å². The van der Waals surface area contributed by atoms with Crippen LogP contribution in [0.1, 0.15) is 16.8 Å². The second-order valence-corrected chi connectivity index (χ2v) is 4.85. The highest BCUT2D eigenvalue weighted by molar-refractivity contribution is 5.88. The van der Waals surface area contributed by atoms with Gasteiger partial charge in [0.05, 0.1) is 10.6 Å². The van der Waals surface area contributed by atoms with Crippen molar-refractivity contribution in [1.82, 2.24) is 4.98 Å². The quantitative estimate of drug-likeness (QED) is 0.367. The van der Waals surface area contributed by atoms with Gasteiger partial charge in [0, 0.05) is 24.4 Å². The van der Waals surface area contributed by atoms with Crippen LogP contribution in [-0.4, -0.2) is 26.1 Å². The first kappa shape index (κ1) is 16.2. The van der Waals surface area contributed by atoms with Gasteiger partial charge in [0.2, 0.25) is 5.76 Å². The monoisotopic (exact) mass is 314 g/mol. The summed E-state index contributed by atoms with van der Waals surface area (Å²) < 4.78 is 0. The molecule has 0 saturated heterocycles. The number of carboxylic acid groups (broad SMARTS) is 1. The van der Waals surface area contributed by atoms with E-state index in [9.17, 15) is 14.9 Å². The van der Waals surface area contributed by atoms with Crippen LogP contribution >= 0.6 is 0 Å². The molecule has 118 valence electrons. The molecule has 0 radical (unpaired) electrons. The Bertz CT molecular complexity index is 753. The molecule has 0 saturated carbocycles. The van der Waals surface area contributed by atoms with E-state index in [-0.39, 0.29) is 5.69 Å². The predicted octanol–water partition coefficient (Wildman–Crippen LogP) is 2.76. The van der Waals surface area contributed by atoms with Crippen molar-refractivity contribution < 1.29 is 19.9 Å². The molecule has 0 fully saturated rings. The van der Waals surface area contributed by atoms with Crippen molar-refractivity contribution in [2.24, 2.45) is 0 Å². The third-order valence-electron chi connectivity index (χ3n) is 3.18. The maximum absolute atomic E-state index is 10.7. The van der Waals surface area contributed by atoms with E-state index < -0.39 is 16.7 Å². The predicted molar refractivity (Wildman–Crippen MR) is 83.0 cm³/mol. The van der Waals surface area contributed by atoms with Crippen LogP contribution in [0.3, 0.4) is 0 Å². The van der Waals surface area contributed by atoms with Crippen molar-refractivity contribution in [1.29, 1.82) is 0 Å². The van der Waals surface area contributed by atoms with Crippen LogP contribution in [0.4, 0.5) is 5.69 Å². The van der Waals surface area contributed by atoms with Crippen molar-refractivity contribution in [3.8, 4) is 0 Å². The average Bonchev–Trinajstić information content (AvgIpc) is 2.54. The molecule has 0 aliphatic heterocycles. The maximum Gasteiger partial charge on any atom is 0.371 e. The lowest BCUT2D eigenvalue weighted by atomic mass is 10.1. The number of hydrogen-bond acceptors (Lipinski definition) is 5. The number of carboxylic acids is 1. The van der Waals surface area contributed by atoms with Gasteiger partial charge in [-0.2, -0.15) is 0 Å². The molecular formula is C16H14N2O5. The Morgan fingerprint density at radius 1 is 1.17 bits per heavy atom. The summed E-state index contributed by atoms with van der Waals surface area (Å²) in [5.74, 6) is -2.19. The number of aliphatic carboxylic acids is 1. The van der Waals surface area contributed by atoms with Crippen LogP contribution in [0.15, 0.2) is 48.4 Å². The summed E-state index contributed by atoms with van der Waals surface area (Å²) in [5.41, 5.74) is 2.16. The van der Waals surface area contributed by atoms with Crippen molar-refractivity contribution in [2.45, 2.75) is 12.8 Å². The largest absolute Gasteiger partial charge is 0.502 e. The van der Waals surface area contributed by atoms with Gasteiger partial charge in [-0.25, -0.2) is 4.79 Å². The smallest absolute Gasteiger partial charge is 0.371 e. The Hall–Kier alpha value is -3.22. The SMILES string of the molecule is O=C(O)/C(O)=C/c1ccc(CCc2cccc([N+](=O)[O-])c2)cn1. The molecule has 7 heteroatoms. The van der Waals surface area contributed by atoms with Crippen LogP contribution in [0.5, 0.6) is 0 Å². The number of pyridine rings is 1. The Morgan fingerprint density at radius 3 is 2.52 bits per heavy atom. The third-order valence-corrected chi connectivity index (χ3v) is 3.18. The molecule has 0 aliphatic rings. The van der Waals surface area contributed by atoms with Crippen LogP contribution in [-0.2, 0) is 17.6 Å². The molecule has 0 amide bonds. The Morgan fingerprint density at radius 2 is 1.91 bits per heavy atom. The van der Waals surface area contributed by atoms with Crippen molar-refractivity contribution in [2.75, 3.05) is 0 Å². The molecule has 0 bridgehead atoms. The summed E-state index contributed by atoms with van der Waals surface area (Å²) in [6.07, 6.45) is 3.91. The Labute approximate surface area is 131 Å². The lowest BCUT2D eigenvalue weighted by Gasteiger charge is -2.03. The van der Waals surface area contributed by atoms with Crippen molar-refractivity contribution in [3.05, 3.63) is 75.3 Å². The number of nitro groups is 1. The fourth-order valence-corrected chi connectivity index (χ4v) is 1.99. The highest BCUT2D eigenvalue weighted by Gasteiger charge is 2.06. The molecule has 7 nitrogen and oxygen atoms in total. The minimum absolute atomic E-state index is 0.0604. The van der Waals surface area contributed by atoms with Gasteiger partial charge in [0.1, 0.15) is 0 Å². The van der Waals surface area contributed by atoms with E-state index in [2.05, 4.69) is 4.98 Å². The first-order valence-electron chi connectivity index (χ1n) is 6.78. The molecule has 23 heavy (non-hydrogen) atoms. The summed E-state index contributed by atoms with van der Waals surface area (Å²) in [6, 6.07) is 9.82. The fourth-order valence-electron chi connectivity index (χ4n) is 1.99. The zero-order valence-electron chi connectivity index (χ0n) is 12.0. The van der Waals surface area contributed by atoms with Gasteiger partial charge in [-0.3, -0.25) is 15.1 Å². The summed E-state index contributed by atoms with van der Waals surface area (Å²) >= 11 is 0. The number of carbonyl (C=O) groups is 1. The molecule has 2 rings (SSSR count). The number of aliphatic hydroxyl groups excluding tert-OH is 1. The number of nitrogens with zero attached hydrogens (tertiary/aromatic N) is 2. The molecule has 2 N–H and O–H groups in total. The second kappa shape index (κ2) is 7.17. The van der Waals surface area contributed by atoms with Crippen LogP contribution in [0.25, 0.3) is 6.08 Å². The molecule has 1 heterocycles. The molecular weight excluding hydrogens is 300 g/mol. The van der Waals surface area contributed by atoms with Gasteiger partial charge in [-0.1, -0.05) is 18.2 Å². The Balaban J connectivity index is 2.02. The van der Waals surface area contributed by atoms with Crippen molar-refractivity contribution in [3.63, 3.8) is 0 Å². The minimum atomic E-state index is -1.42. The highest BCUT2D eigenvalue weighted by Crippen LogP contribution is 2.15. The summed E-state index contributed by atoms with van der Waals surface area (Å²) in [4.78, 5) is 24.9. The number of aromatic nitrogens is 1. The molecule has 1 aromatic heterocycles. The summed E-state index contributed by atoms with van der Waals surface area (Å²) in [5, 5.41) is 28.4. The number of nitro benzene ring substituents is 1. The zero-order chi connectivity index (χ0) is 16.8. The van der Waals surface area contributed by atoms with Crippen LogP contribution in [0.2, 0.25) is 0 Å². The lowest BCUT2D eigenvalue weighted by Crippen LogP contribution is -1.99. The topological polar surface area (TPSA) is 114 Å². The minimum Gasteiger partial charge on any atom is -0.502 e. The second-order valence-electron chi connectivity index (χ2n) is 4.85. The lowest BCUT2D eigenvalue weighted by molar-refractivity contribution is -0.384. The molecule has 1 aromatic carbocycles. The average molecular weight is 314 g/mol. The molecule has 2 aromatic rings. The van der Waals surface area contributed by atoms with E-state index in [0.29, 0.717) is 18.5 Å². The van der Waals surface area contributed by atoms with Gasteiger partial charge in [0.25, 0.3) is 5.69 Å². The number of rotatable bonds is 6. The van der Waals surface area contributed by atoms with Crippen LogP contribution < -0.4 is 0 Å². The number of aryl methyl sites for hydroxylation is 2. The first-order chi connectivity index (χ1) is 11.0. The maximum atomic E-state index is 10.7. The zero-order valence-corrected chi connectivity index (χ0v) is 12.0. The van der Waals surface area contributed by atoms with E-state index >= 15 is 0 Å². The molecule has 0 spiro atoms.